The SMILES string of the molecule is C/C=C/CCc1ccc(C(F)C(F)(F)OCc2ccc(C3CCC(CC/C=C/C)CC3)cc2)cc1. The molecule has 0 heterocycles. The van der Waals surface area contributed by atoms with Crippen molar-refractivity contribution >= 4 is 0 Å². The summed E-state index contributed by atoms with van der Waals surface area (Å²) in [6.45, 7) is 3.69. The van der Waals surface area contributed by atoms with E-state index in [0.717, 1.165) is 30.7 Å². The van der Waals surface area contributed by atoms with Gasteiger partial charge in [0.1, 0.15) is 0 Å². The number of hydrogen-bond donors (Lipinski definition) is 0. The van der Waals surface area contributed by atoms with Gasteiger partial charge in [0, 0.05) is 0 Å². The monoisotopic (exact) mass is 484 g/mol. The fourth-order valence-electron chi connectivity index (χ4n) is 4.89. The molecule has 4 heteroatoms. The van der Waals surface area contributed by atoms with Crippen molar-refractivity contribution in [3.05, 3.63) is 95.1 Å². The molecule has 2 aromatic rings. The van der Waals surface area contributed by atoms with Gasteiger partial charge in [0.2, 0.25) is 6.17 Å². The fourth-order valence-corrected chi connectivity index (χ4v) is 4.89. The average molecular weight is 485 g/mol. The van der Waals surface area contributed by atoms with Crippen molar-refractivity contribution in [2.75, 3.05) is 0 Å². The Kier molecular flexibility index (Phi) is 10.7. The lowest BCUT2D eigenvalue weighted by Crippen LogP contribution is -2.27. The van der Waals surface area contributed by atoms with Crippen LogP contribution in [0.15, 0.2) is 72.8 Å². The molecular formula is C31H39F3O. The number of hydrogen-bond acceptors (Lipinski definition) is 1. The molecule has 0 N–H and O–H groups in total. The standard InChI is InChI=1S/C31H39F3O/c1-3-5-7-9-24-11-17-27(18-12-24)28-19-15-26(16-20-28)23-35-31(33,34)30(32)29-21-13-25(14-22-29)10-8-6-4-2/h3-6,13-16,19-22,24,27,30H,7-12,17-18,23H2,1-2H3/b5-3+,6-4+. The Morgan fingerprint density at radius 3 is 2.09 bits per heavy atom. The Hall–Kier alpha value is -2.33. The first-order valence-electron chi connectivity index (χ1n) is 13.0. The van der Waals surface area contributed by atoms with Gasteiger partial charge < -0.3 is 4.74 Å². The zero-order valence-electron chi connectivity index (χ0n) is 21.1. The van der Waals surface area contributed by atoms with Gasteiger partial charge >= 0.3 is 6.11 Å². The van der Waals surface area contributed by atoms with Crippen LogP contribution >= 0.6 is 0 Å². The van der Waals surface area contributed by atoms with E-state index in [1.807, 2.05) is 43.3 Å². The average Bonchev–Trinajstić information content (AvgIpc) is 2.88. The second-order valence-corrected chi connectivity index (χ2v) is 9.67. The molecule has 1 aliphatic carbocycles. The van der Waals surface area contributed by atoms with Crippen molar-refractivity contribution in [1.29, 1.82) is 0 Å². The Morgan fingerprint density at radius 2 is 1.46 bits per heavy atom. The molecule has 190 valence electrons. The van der Waals surface area contributed by atoms with Crippen molar-refractivity contribution in [1.82, 2.24) is 0 Å². The Morgan fingerprint density at radius 1 is 0.857 bits per heavy atom. The van der Waals surface area contributed by atoms with Gasteiger partial charge in [-0.25, -0.2) is 4.39 Å². The maximum Gasteiger partial charge on any atom is 0.391 e. The highest BCUT2D eigenvalue weighted by Crippen LogP contribution is 2.39. The van der Waals surface area contributed by atoms with Crippen molar-refractivity contribution in [3.63, 3.8) is 0 Å². The lowest BCUT2D eigenvalue weighted by molar-refractivity contribution is -0.282. The van der Waals surface area contributed by atoms with Gasteiger partial charge in [0.25, 0.3) is 0 Å². The van der Waals surface area contributed by atoms with Gasteiger partial charge in [-0.3, -0.25) is 0 Å². The third-order valence-electron chi connectivity index (χ3n) is 7.11. The first-order valence-corrected chi connectivity index (χ1v) is 13.0. The molecule has 0 spiro atoms. The molecule has 0 aromatic heterocycles. The maximum atomic E-state index is 14.6. The second kappa shape index (κ2) is 13.7. The van der Waals surface area contributed by atoms with Gasteiger partial charge in [0.05, 0.1) is 6.61 Å². The number of alkyl halides is 3. The van der Waals surface area contributed by atoms with E-state index in [1.54, 1.807) is 12.1 Å². The van der Waals surface area contributed by atoms with Crippen LogP contribution in [0.3, 0.4) is 0 Å². The maximum absolute atomic E-state index is 14.6. The predicted molar refractivity (Wildman–Crippen MR) is 138 cm³/mol. The van der Waals surface area contributed by atoms with Crippen molar-refractivity contribution in [2.24, 2.45) is 5.92 Å². The molecule has 1 nitrogen and oxygen atoms in total. The van der Waals surface area contributed by atoms with Gasteiger partial charge in [-0.1, -0.05) is 72.8 Å². The van der Waals surface area contributed by atoms with Crippen molar-refractivity contribution in [3.8, 4) is 0 Å². The van der Waals surface area contributed by atoms with Crippen LogP contribution in [0.5, 0.6) is 0 Å². The molecule has 1 atom stereocenters. The summed E-state index contributed by atoms with van der Waals surface area (Å²) >= 11 is 0. The summed E-state index contributed by atoms with van der Waals surface area (Å²) in [5.74, 6) is 1.33. The van der Waals surface area contributed by atoms with Gasteiger partial charge in [0.15, 0.2) is 0 Å². The zero-order chi connectivity index (χ0) is 25.1. The van der Waals surface area contributed by atoms with E-state index in [1.165, 1.54) is 49.8 Å². The summed E-state index contributed by atoms with van der Waals surface area (Å²) in [7, 11) is 0. The molecule has 0 amide bonds. The van der Waals surface area contributed by atoms with Crippen molar-refractivity contribution < 1.29 is 17.9 Å². The van der Waals surface area contributed by atoms with E-state index in [4.69, 9.17) is 4.74 Å². The first-order chi connectivity index (χ1) is 16.9. The predicted octanol–water partition coefficient (Wildman–Crippen LogP) is 9.65. The van der Waals surface area contributed by atoms with Crippen LogP contribution in [-0.4, -0.2) is 6.11 Å². The highest BCUT2D eigenvalue weighted by atomic mass is 19.3. The van der Waals surface area contributed by atoms with E-state index >= 15 is 0 Å². The highest BCUT2D eigenvalue weighted by molar-refractivity contribution is 5.27. The minimum absolute atomic E-state index is 0.0681. The molecular weight excluding hydrogens is 445 g/mol. The van der Waals surface area contributed by atoms with Crippen molar-refractivity contribution in [2.45, 2.75) is 90.0 Å². The number of halogens is 3. The summed E-state index contributed by atoms with van der Waals surface area (Å²) < 4.78 is 48.3. The summed E-state index contributed by atoms with van der Waals surface area (Å²) in [5.41, 5.74) is 2.80. The summed E-state index contributed by atoms with van der Waals surface area (Å²) in [6.07, 6.45) is 10.9. The summed E-state index contributed by atoms with van der Waals surface area (Å²) in [4.78, 5) is 0. The van der Waals surface area contributed by atoms with Crippen LogP contribution in [0.2, 0.25) is 0 Å². The molecule has 2 aromatic carbocycles. The van der Waals surface area contributed by atoms with Gasteiger partial charge in [-0.2, -0.15) is 8.78 Å². The van der Waals surface area contributed by atoms with Crippen LogP contribution < -0.4 is 0 Å². The summed E-state index contributed by atoms with van der Waals surface area (Å²) in [5, 5.41) is 0. The van der Waals surface area contributed by atoms with E-state index in [0.29, 0.717) is 11.5 Å². The molecule has 1 aliphatic rings. The fraction of sp³-hybridized carbons (Fsp3) is 0.484. The third kappa shape index (κ3) is 8.38. The largest absolute Gasteiger partial charge is 0.391 e. The van der Waals surface area contributed by atoms with Crippen LogP contribution in [-0.2, 0) is 17.8 Å². The molecule has 35 heavy (non-hydrogen) atoms. The normalized spacial score (nSPS) is 20.0. The van der Waals surface area contributed by atoms with Crippen LogP contribution in [0.1, 0.15) is 93.1 Å². The number of ether oxygens (including phenoxy) is 1. The number of rotatable bonds is 12. The van der Waals surface area contributed by atoms with Crippen LogP contribution in [0.25, 0.3) is 0 Å². The molecule has 0 bridgehead atoms. The lowest BCUT2D eigenvalue weighted by Gasteiger charge is -2.28. The van der Waals surface area contributed by atoms with Gasteiger partial charge in [-0.15, -0.1) is 0 Å². The highest BCUT2D eigenvalue weighted by Gasteiger charge is 2.42. The second-order valence-electron chi connectivity index (χ2n) is 9.67. The molecule has 0 saturated heterocycles. The van der Waals surface area contributed by atoms with Crippen LogP contribution in [0.4, 0.5) is 13.2 Å². The van der Waals surface area contributed by atoms with Gasteiger partial charge in [-0.05, 0) is 99.3 Å². The van der Waals surface area contributed by atoms with E-state index < -0.39 is 12.3 Å². The van der Waals surface area contributed by atoms with E-state index in [2.05, 4.69) is 19.1 Å². The molecule has 1 unspecified atom stereocenters. The number of aryl methyl sites for hydroxylation is 1. The first kappa shape index (κ1) is 27.3. The topological polar surface area (TPSA) is 9.23 Å². The molecule has 1 fully saturated rings. The van der Waals surface area contributed by atoms with E-state index in [9.17, 15) is 13.2 Å². The molecule has 0 aliphatic heterocycles. The van der Waals surface area contributed by atoms with E-state index in [-0.39, 0.29) is 12.2 Å². The quantitative estimate of drug-likeness (QED) is 0.272. The minimum atomic E-state index is -3.89. The Balaban J connectivity index is 1.48. The molecule has 3 rings (SSSR count). The lowest BCUT2D eigenvalue weighted by atomic mass is 9.77. The third-order valence-corrected chi connectivity index (χ3v) is 7.11. The number of benzene rings is 2. The summed E-state index contributed by atoms with van der Waals surface area (Å²) in [6, 6.07) is 14.0. The zero-order valence-corrected chi connectivity index (χ0v) is 21.1. The minimum Gasteiger partial charge on any atom is -0.313 e. The molecule has 1 saturated carbocycles. The smallest absolute Gasteiger partial charge is 0.313 e. The molecule has 0 radical (unpaired) electrons. The Labute approximate surface area is 209 Å². The number of allylic oxidation sites excluding steroid dienone is 4. The van der Waals surface area contributed by atoms with Crippen LogP contribution in [0, 0.1) is 5.92 Å². The Bertz CT molecular complexity index is 923.